The molecular formula is C16H21BrN4OS. The van der Waals surface area contributed by atoms with E-state index in [1.807, 2.05) is 13.0 Å². The number of aromatic nitrogens is 2. The number of aliphatic hydroxyl groups excluding tert-OH is 1. The summed E-state index contributed by atoms with van der Waals surface area (Å²) in [6, 6.07) is 6.14. The molecule has 2 aromatic rings. The zero-order chi connectivity index (χ0) is 16.8. The Bertz CT molecular complexity index is 665. The number of nitrogens with one attached hydrogen (secondary N) is 2. The molecule has 0 bridgehead atoms. The molecule has 0 aliphatic carbocycles. The number of anilines is 3. The van der Waals surface area contributed by atoms with Gasteiger partial charge in [0.15, 0.2) is 0 Å². The van der Waals surface area contributed by atoms with E-state index < -0.39 is 0 Å². The smallest absolute Gasteiger partial charge is 0.229 e. The van der Waals surface area contributed by atoms with Gasteiger partial charge in [0, 0.05) is 16.8 Å². The maximum Gasteiger partial charge on any atom is 0.229 e. The van der Waals surface area contributed by atoms with Crippen molar-refractivity contribution in [2.24, 2.45) is 0 Å². The first-order valence-electron chi connectivity index (χ1n) is 7.39. The molecule has 5 nitrogen and oxygen atoms in total. The topological polar surface area (TPSA) is 70.1 Å². The number of aryl methyl sites for hydroxylation is 1. The number of rotatable bonds is 7. The molecule has 0 saturated carbocycles. The molecule has 0 radical (unpaired) electrons. The van der Waals surface area contributed by atoms with Crippen molar-refractivity contribution in [2.45, 2.75) is 31.2 Å². The van der Waals surface area contributed by atoms with Crippen LogP contribution in [0.25, 0.3) is 0 Å². The Morgan fingerprint density at radius 3 is 2.83 bits per heavy atom. The lowest BCUT2D eigenvalue weighted by Gasteiger charge is -2.16. The third-order valence-corrected chi connectivity index (χ3v) is 4.92. The van der Waals surface area contributed by atoms with Gasteiger partial charge in [0.1, 0.15) is 5.82 Å². The van der Waals surface area contributed by atoms with Crippen LogP contribution in [-0.4, -0.2) is 34.0 Å². The minimum Gasteiger partial charge on any atom is -0.394 e. The van der Waals surface area contributed by atoms with Crippen molar-refractivity contribution >= 4 is 45.1 Å². The number of hydrogen-bond acceptors (Lipinski definition) is 6. The Morgan fingerprint density at radius 2 is 2.17 bits per heavy atom. The predicted molar refractivity (Wildman–Crippen MR) is 101 cm³/mol. The monoisotopic (exact) mass is 396 g/mol. The first-order chi connectivity index (χ1) is 11.1. The van der Waals surface area contributed by atoms with E-state index in [0.717, 1.165) is 16.6 Å². The molecule has 1 heterocycles. The molecule has 7 heteroatoms. The fraction of sp³-hybridized carbons (Fsp3) is 0.375. The number of nitrogens with zero attached hydrogens (tertiary/aromatic N) is 2. The van der Waals surface area contributed by atoms with Gasteiger partial charge in [-0.15, -0.1) is 11.8 Å². The van der Waals surface area contributed by atoms with Crippen molar-refractivity contribution in [3.05, 3.63) is 34.4 Å². The highest BCUT2D eigenvalue weighted by Crippen LogP contribution is 2.26. The van der Waals surface area contributed by atoms with E-state index in [1.54, 1.807) is 18.0 Å². The Kier molecular flexibility index (Phi) is 6.68. The summed E-state index contributed by atoms with van der Waals surface area (Å²) < 4.78 is 0.767. The van der Waals surface area contributed by atoms with Crippen LogP contribution in [0.2, 0.25) is 0 Å². The van der Waals surface area contributed by atoms with Crippen LogP contribution in [0.4, 0.5) is 17.5 Å². The van der Waals surface area contributed by atoms with E-state index in [9.17, 15) is 5.11 Å². The van der Waals surface area contributed by atoms with Gasteiger partial charge in [-0.25, -0.2) is 4.98 Å². The molecule has 0 aliphatic rings. The van der Waals surface area contributed by atoms with Crippen LogP contribution in [0, 0.1) is 6.92 Å². The quantitative estimate of drug-likeness (QED) is 0.609. The fourth-order valence-corrected chi connectivity index (χ4v) is 2.97. The number of benzene rings is 1. The van der Waals surface area contributed by atoms with Crippen molar-refractivity contribution in [3.8, 4) is 0 Å². The molecule has 2 rings (SSSR count). The predicted octanol–water partition coefficient (Wildman–Crippen LogP) is 4.20. The van der Waals surface area contributed by atoms with Crippen molar-refractivity contribution in [1.29, 1.82) is 0 Å². The van der Waals surface area contributed by atoms with Crippen LogP contribution in [0.5, 0.6) is 0 Å². The molecule has 0 fully saturated rings. The maximum atomic E-state index is 9.33. The largest absolute Gasteiger partial charge is 0.394 e. The van der Waals surface area contributed by atoms with Gasteiger partial charge in [-0.05, 0) is 53.2 Å². The van der Waals surface area contributed by atoms with Gasteiger partial charge in [0.25, 0.3) is 0 Å². The van der Waals surface area contributed by atoms with Gasteiger partial charge in [-0.2, -0.15) is 4.98 Å². The standard InChI is InChI=1S/C16H21BrN4OS/c1-4-11(9-22)19-15-13(17)8-18-16(21-15)20-12-6-5-10(2)14(7-12)23-3/h5-8,11,22H,4,9H2,1-3H3,(H2,18,19,20,21). The maximum absolute atomic E-state index is 9.33. The minimum absolute atomic E-state index is 0.0310. The Labute approximate surface area is 149 Å². The molecule has 3 N–H and O–H groups in total. The second-order valence-corrected chi connectivity index (χ2v) is 6.83. The summed E-state index contributed by atoms with van der Waals surface area (Å²) in [6.07, 6.45) is 4.57. The minimum atomic E-state index is -0.0310. The summed E-state index contributed by atoms with van der Waals surface area (Å²) >= 11 is 5.15. The lowest BCUT2D eigenvalue weighted by molar-refractivity contribution is 0.271. The van der Waals surface area contributed by atoms with Gasteiger partial charge in [0.05, 0.1) is 17.1 Å². The number of halogens is 1. The van der Waals surface area contributed by atoms with Crippen LogP contribution < -0.4 is 10.6 Å². The van der Waals surface area contributed by atoms with E-state index in [-0.39, 0.29) is 12.6 Å². The van der Waals surface area contributed by atoms with Crippen LogP contribution in [0.1, 0.15) is 18.9 Å². The molecule has 0 amide bonds. The van der Waals surface area contributed by atoms with Crippen molar-refractivity contribution < 1.29 is 5.11 Å². The van der Waals surface area contributed by atoms with Gasteiger partial charge in [-0.1, -0.05) is 13.0 Å². The molecule has 1 aromatic heterocycles. The molecule has 1 unspecified atom stereocenters. The van der Waals surface area contributed by atoms with Crippen molar-refractivity contribution in [3.63, 3.8) is 0 Å². The highest BCUT2D eigenvalue weighted by molar-refractivity contribution is 9.10. The first-order valence-corrected chi connectivity index (χ1v) is 9.40. The lowest BCUT2D eigenvalue weighted by atomic mass is 10.2. The molecular weight excluding hydrogens is 376 g/mol. The van der Waals surface area contributed by atoms with Gasteiger partial charge < -0.3 is 15.7 Å². The molecule has 124 valence electrons. The highest BCUT2D eigenvalue weighted by atomic mass is 79.9. The van der Waals surface area contributed by atoms with Crippen LogP contribution in [0.15, 0.2) is 33.8 Å². The van der Waals surface area contributed by atoms with Crippen molar-refractivity contribution in [1.82, 2.24) is 9.97 Å². The number of hydrogen-bond donors (Lipinski definition) is 3. The summed E-state index contributed by atoms with van der Waals surface area (Å²) in [5.74, 6) is 1.18. The molecule has 1 atom stereocenters. The molecule has 0 saturated heterocycles. The third kappa shape index (κ3) is 4.83. The van der Waals surface area contributed by atoms with E-state index in [2.05, 4.69) is 61.8 Å². The zero-order valence-corrected chi connectivity index (χ0v) is 15.8. The summed E-state index contributed by atoms with van der Waals surface area (Å²) in [7, 11) is 0. The van der Waals surface area contributed by atoms with E-state index >= 15 is 0 Å². The number of thioether (sulfide) groups is 1. The van der Waals surface area contributed by atoms with Crippen molar-refractivity contribution in [2.75, 3.05) is 23.5 Å². The summed E-state index contributed by atoms with van der Waals surface area (Å²) in [6.45, 7) is 4.16. The average molecular weight is 397 g/mol. The van der Waals surface area contributed by atoms with E-state index in [1.165, 1.54) is 10.5 Å². The second kappa shape index (κ2) is 8.52. The Morgan fingerprint density at radius 1 is 1.39 bits per heavy atom. The molecule has 23 heavy (non-hydrogen) atoms. The van der Waals surface area contributed by atoms with Gasteiger partial charge >= 0.3 is 0 Å². The molecule has 0 spiro atoms. The summed E-state index contributed by atoms with van der Waals surface area (Å²) in [4.78, 5) is 10.00. The molecule has 1 aromatic carbocycles. The third-order valence-electron chi connectivity index (χ3n) is 3.46. The average Bonchev–Trinajstić information content (AvgIpc) is 2.57. The highest BCUT2D eigenvalue weighted by Gasteiger charge is 2.10. The fourth-order valence-electron chi connectivity index (χ4n) is 2.03. The molecule has 0 aliphatic heterocycles. The van der Waals surface area contributed by atoms with Crippen LogP contribution in [-0.2, 0) is 0 Å². The zero-order valence-electron chi connectivity index (χ0n) is 13.4. The van der Waals surface area contributed by atoms with E-state index in [0.29, 0.717) is 11.8 Å². The lowest BCUT2D eigenvalue weighted by Crippen LogP contribution is -2.23. The summed E-state index contributed by atoms with van der Waals surface area (Å²) in [5.41, 5.74) is 2.19. The SMILES string of the molecule is CCC(CO)Nc1nc(Nc2ccc(C)c(SC)c2)ncc1Br. The summed E-state index contributed by atoms with van der Waals surface area (Å²) in [5, 5.41) is 15.8. The van der Waals surface area contributed by atoms with Gasteiger partial charge in [-0.3, -0.25) is 0 Å². The van der Waals surface area contributed by atoms with E-state index in [4.69, 9.17) is 0 Å². The first kappa shape index (κ1) is 18.0. The second-order valence-electron chi connectivity index (χ2n) is 5.13. The van der Waals surface area contributed by atoms with Gasteiger partial charge in [0.2, 0.25) is 5.95 Å². The normalized spacial score (nSPS) is 12.0. The number of aliphatic hydroxyl groups is 1. The van der Waals surface area contributed by atoms with Crippen LogP contribution in [0.3, 0.4) is 0 Å². The Balaban J connectivity index is 2.20. The van der Waals surface area contributed by atoms with Crippen LogP contribution >= 0.6 is 27.7 Å². The Hall–Kier alpha value is -1.31.